The molecule has 4 rings (SSSR count). The summed E-state index contributed by atoms with van der Waals surface area (Å²) in [4.78, 5) is 12.7. The Hall–Kier alpha value is -2.22. The molecule has 2 aromatic rings. The summed E-state index contributed by atoms with van der Waals surface area (Å²) >= 11 is 0. The zero-order chi connectivity index (χ0) is 20.3. The van der Waals surface area contributed by atoms with Crippen molar-refractivity contribution in [2.45, 2.75) is 43.3 Å². The van der Waals surface area contributed by atoms with E-state index in [0.29, 0.717) is 31.8 Å². The molecule has 7 heteroatoms. The lowest BCUT2D eigenvalue weighted by Crippen LogP contribution is -2.37. The van der Waals surface area contributed by atoms with Gasteiger partial charge in [-0.15, -0.1) is 0 Å². The van der Waals surface area contributed by atoms with Gasteiger partial charge in [-0.2, -0.15) is 4.31 Å². The third-order valence-corrected chi connectivity index (χ3v) is 7.51. The number of sulfonamides is 1. The number of benzene rings is 2. The Balaban J connectivity index is 1.35. The lowest BCUT2D eigenvalue weighted by Gasteiger charge is -2.26. The minimum absolute atomic E-state index is 0.0624. The number of carbonyl (C=O) groups is 1. The molecule has 2 aliphatic heterocycles. The number of nitrogens with one attached hydrogen (secondary N) is 1. The van der Waals surface area contributed by atoms with E-state index in [2.05, 4.69) is 17.4 Å². The van der Waals surface area contributed by atoms with Crippen LogP contribution in [-0.2, 0) is 27.8 Å². The van der Waals surface area contributed by atoms with E-state index in [4.69, 9.17) is 4.74 Å². The number of rotatable bonds is 5. The number of hydrogen-bond donors (Lipinski definition) is 1. The molecule has 2 heterocycles. The van der Waals surface area contributed by atoms with Gasteiger partial charge in [-0.1, -0.05) is 30.7 Å². The molecule has 1 unspecified atom stereocenters. The molecule has 1 amide bonds. The molecule has 0 spiro atoms. The number of carbonyl (C=O) groups excluding carboxylic acids is 1. The Morgan fingerprint density at radius 1 is 1.00 bits per heavy atom. The van der Waals surface area contributed by atoms with E-state index in [9.17, 15) is 13.2 Å². The van der Waals surface area contributed by atoms with Crippen LogP contribution in [0.5, 0.6) is 0 Å². The average Bonchev–Trinajstić information content (AvgIpc) is 2.78. The predicted octanol–water partition coefficient (Wildman–Crippen LogP) is 2.73. The van der Waals surface area contributed by atoms with Crippen LogP contribution in [0.1, 0.15) is 40.7 Å². The molecule has 0 aliphatic carbocycles. The van der Waals surface area contributed by atoms with E-state index in [1.165, 1.54) is 27.6 Å². The highest BCUT2D eigenvalue weighted by atomic mass is 32.2. The number of nitrogens with zero attached hydrogens (tertiary/aromatic N) is 1. The summed E-state index contributed by atoms with van der Waals surface area (Å²) in [5.41, 5.74) is 2.89. The second-order valence-electron chi connectivity index (χ2n) is 7.60. The average molecular weight is 415 g/mol. The SMILES string of the molecule is O=C(NCC1Cc2ccccc2CO1)c1ccc(S(=O)(=O)N2CCCCC2)cc1. The van der Waals surface area contributed by atoms with Crippen LogP contribution in [0.15, 0.2) is 53.4 Å². The number of hydrogen-bond acceptors (Lipinski definition) is 4. The first kappa shape index (κ1) is 20.1. The number of ether oxygens (including phenoxy) is 1. The summed E-state index contributed by atoms with van der Waals surface area (Å²) < 4.78 is 32.8. The van der Waals surface area contributed by atoms with Crippen molar-refractivity contribution < 1.29 is 17.9 Å². The summed E-state index contributed by atoms with van der Waals surface area (Å²) in [6, 6.07) is 14.3. The summed E-state index contributed by atoms with van der Waals surface area (Å²) in [5, 5.41) is 2.90. The number of fused-ring (bicyclic) bond motifs is 1. The minimum Gasteiger partial charge on any atom is -0.371 e. The molecule has 1 fully saturated rings. The molecule has 1 atom stereocenters. The first-order valence-electron chi connectivity index (χ1n) is 10.1. The standard InChI is InChI=1S/C22H26N2O4S/c25-22(23-15-20-14-18-6-2-3-7-19(18)16-28-20)17-8-10-21(11-9-17)29(26,27)24-12-4-1-5-13-24/h2-3,6-11,20H,1,4-5,12-16H2,(H,23,25). The van der Waals surface area contributed by atoms with Gasteiger partial charge < -0.3 is 10.1 Å². The molecule has 2 aliphatic rings. The number of piperidine rings is 1. The highest BCUT2D eigenvalue weighted by Gasteiger charge is 2.26. The van der Waals surface area contributed by atoms with Crippen molar-refractivity contribution in [2.24, 2.45) is 0 Å². The zero-order valence-electron chi connectivity index (χ0n) is 16.3. The van der Waals surface area contributed by atoms with Gasteiger partial charge in [0.2, 0.25) is 10.0 Å². The molecule has 2 aromatic carbocycles. The smallest absolute Gasteiger partial charge is 0.251 e. The second kappa shape index (κ2) is 8.65. The van der Waals surface area contributed by atoms with Gasteiger partial charge in [0.15, 0.2) is 0 Å². The van der Waals surface area contributed by atoms with E-state index in [0.717, 1.165) is 25.7 Å². The van der Waals surface area contributed by atoms with Gasteiger partial charge in [-0.3, -0.25) is 4.79 Å². The van der Waals surface area contributed by atoms with E-state index < -0.39 is 10.0 Å². The molecule has 0 radical (unpaired) electrons. The van der Waals surface area contributed by atoms with Crippen LogP contribution in [0.2, 0.25) is 0 Å². The van der Waals surface area contributed by atoms with Gasteiger partial charge in [0, 0.05) is 31.6 Å². The van der Waals surface area contributed by atoms with Crippen LogP contribution in [0.25, 0.3) is 0 Å². The minimum atomic E-state index is -3.48. The molecule has 29 heavy (non-hydrogen) atoms. The molecular weight excluding hydrogens is 388 g/mol. The maximum atomic E-state index is 12.7. The van der Waals surface area contributed by atoms with E-state index in [1.54, 1.807) is 12.1 Å². The Kier molecular flexibility index (Phi) is 5.99. The fourth-order valence-electron chi connectivity index (χ4n) is 3.88. The maximum absolute atomic E-state index is 12.7. The van der Waals surface area contributed by atoms with Crippen LogP contribution >= 0.6 is 0 Å². The Morgan fingerprint density at radius 2 is 1.69 bits per heavy atom. The topological polar surface area (TPSA) is 75.7 Å². The van der Waals surface area contributed by atoms with Crippen LogP contribution in [0.3, 0.4) is 0 Å². The maximum Gasteiger partial charge on any atom is 0.251 e. The largest absolute Gasteiger partial charge is 0.371 e. The lowest BCUT2D eigenvalue weighted by atomic mass is 9.99. The normalized spacial score (nSPS) is 20.1. The zero-order valence-corrected chi connectivity index (χ0v) is 17.2. The van der Waals surface area contributed by atoms with Gasteiger partial charge in [0.1, 0.15) is 0 Å². The van der Waals surface area contributed by atoms with Crippen LogP contribution in [-0.4, -0.2) is 44.4 Å². The van der Waals surface area contributed by atoms with Gasteiger partial charge >= 0.3 is 0 Å². The highest BCUT2D eigenvalue weighted by Crippen LogP contribution is 2.22. The van der Waals surface area contributed by atoms with Crippen molar-refractivity contribution >= 4 is 15.9 Å². The summed E-state index contributed by atoms with van der Waals surface area (Å²) in [7, 11) is -3.48. The predicted molar refractivity (Wildman–Crippen MR) is 110 cm³/mol. The highest BCUT2D eigenvalue weighted by molar-refractivity contribution is 7.89. The molecule has 154 valence electrons. The van der Waals surface area contributed by atoms with Gasteiger partial charge in [-0.25, -0.2) is 8.42 Å². The van der Waals surface area contributed by atoms with Crippen LogP contribution in [0.4, 0.5) is 0 Å². The Labute approximate surface area is 171 Å². The Bertz CT molecular complexity index is 967. The second-order valence-corrected chi connectivity index (χ2v) is 9.54. The van der Waals surface area contributed by atoms with Gasteiger partial charge in [-0.05, 0) is 48.2 Å². The molecule has 1 saturated heterocycles. The fraction of sp³-hybridized carbons (Fsp3) is 0.409. The first-order valence-corrected chi connectivity index (χ1v) is 11.5. The van der Waals surface area contributed by atoms with Crippen molar-refractivity contribution in [3.63, 3.8) is 0 Å². The molecular formula is C22H26N2O4S. The molecule has 6 nitrogen and oxygen atoms in total. The first-order chi connectivity index (χ1) is 14.0. The van der Waals surface area contributed by atoms with Gasteiger partial charge in [0.05, 0.1) is 17.6 Å². The molecule has 0 aromatic heterocycles. The summed E-state index contributed by atoms with van der Waals surface area (Å²) in [5.74, 6) is -0.227. The lowest BCUT2D eigenvalue weighted by molar-refractivity contribution is 0.0285. The van der Waals surface area contributed by atoms with Crippen molar-refractivity contribution in [3.05, 3.63) is 65.2 Å². The summed E-state index contributed by atoms with van der Waals surface area (Å²) in [6.45, 7) is 2.10. The quantitative estimate of drug-likeness (QED) is 0.816. The monoisotopic (exact) mass is 414 g/mol. The molecule has 0 saturated carbocycles. The van der Waals surface area contributed by atoms with Crippen molar-refractivity contribution in [1.29, 1.82) is 0 Å². The van der Waals surface area contributed by atoms with E-state index in [-0.39, 0.29) is 16.9 Å². The van der Waals surface area contributed by atoms with Crippen molar-refractivity contribution in [1.82, 2.24) is 9.62 Å². The third-order valence-electron chi connectivity index (χ3n) is 5.60. The van der Waals surface area contributed by atoms with E-state index in [1.807, 2.05) is 12.1 Å². The van der Waals surface area contributed by atoms with Gasteiger partial charge in [0.25, 0.3) is 5.91 Å². The van der Waals surface area contributed by atoms with Crippen molar-refractivity contribution in [3.8, 4) is 0 Å². The van der Waals surface area contributed by atoms with Crippen LogP contribution in [0, 0.1) is 0 Å². The van der Waals surface area contributed by atoms with Crippen molar-refractivity contribution in [2.75, 3.05) is 19.6 Å². The third kappa shape index (κ3) is 4.52. The van der Waals surface area contributed by atoms with Crippen LogP contribution < -0.4 is 5.32 Å². The number of amides is 1. The Morgan fingerprint density at radius 3 is 2.41 bits per heavy atom. The molecule has 1 N–H and O–H groups in total. The summed E-state index contributed by atoms with van der Waals surface area (Å²) in [6.07, 6.45) is 3.57. The van der Waals surface area contributed by atoms with E-state index >= 15 is 0 Å². The molecule has 0 bridgehead atoms. The fourth-order valence-corrected chi connectivity index (χ4v) is 5.40.